The number of halogens is 1. The Hall–Kier alpha value is -1.57. The molecule has 8 heteroatoms. The van der Waals surface area contributed by atoms with Crippen molar-refractivity contribution in [2.45, 2.75) is 52.7 Å². The Morgan fingerprint density at radius 2 is 1.81 bits per heavy atom. The van der Waals surface area contributed by atoms with Crippen LogP contribution in [-0.4, -0.2) is 61.2 Å². The maximum absolute atomic E-state index is 4.40. The zero-order chi connectivity index (χ0) is 18.7. The molecule has 1 aliphatic heterocycles. The van der Waals surface area contributed by atoms with Crippen molar-refractivity contribution in [1.29, 1.82) is 0 Å². The molecule has 0 spiro atoms. The molecule has 7 nitrogen and oxygen atoms in total. The van der Waals surface area contributed by atoms with Crippen molar-refractivity contribution in [2.24, 2.45) is 5.92 Å². The largest absolute Gasteiger partial charge is 0.296 e. The van der Waals surface area contributed by atoms with Crippen molar-refractivity contribution in [3.63, 3.8) is 0 Å². The Bertz CT molecular complexity index is 688. The van der Waals surface area contributed by atoms with E-state index in [9.17, 15) is 0 Å². The van der Waals surface area contributed by atoms with E-state index in [1.54, 1.807) is 0 Å². The smallest absolute Gasteiger partial charge is 0.169 e. The summed E-state index contributed by atoms with van der Waals surface area (Å²) in [5.41, 5.74) is 1.16. The molecular weight excluding hydrogens is 362 g/mol. The van der Waals surface area contributed by atoms with Gasteiger partial charge in [0.2, 0.25) is 0 Å². The highest BCUT2D eigenvalue weighted by atomic mass is 35.5. The van der Waals surface area contributed by atoms with Gasteiger partial charge in [0.25, 0.3) is 0 Å². The molecule has 1 fully saturated rings. The number of pyridine rings is 1. The van der Waals surface area contributed by atoms with Crippen LogP contribution in [0.2, 0.25) is 0 Å². The van der Waals surface area contributed by atoms with E-state index in [4.69, 9.17) is 0 Å². The van der Waals surface area contributed by atoms with E-state index in [0.717, 1.165) is 38.5 Å². The lowest BCUT2D eigenvalue weighted by Gasteiger charge is -2.40. The van der Waals surface area contributed by atoms with Gasteiger partial charge in [-0.15, -0.1) is 17.5 Å². The zero-order valence-corrected chi connectivity index (χ0v) is 17.9. The van der Waals surface area contributed by atoms with Gasteiger partial charge in [0, 0.05) is 45.1 Å². The Morgan fingerprint density at radius 1 is 1.11 bits per heavy atom. The lowest BCUT2D eigenvalue weighted by Crippen LogP contribution is -2.49. The molecule has 2 aromatic rings. The fourth-order valence-corrected chi connectivity index (χ4v) is 3.69. The van der Waals surface area contributed by atoms with E-state index in [2.05, 4.69) is 71.0 Å². The fraction of sp³-hybridized carbons (Fsp3) is 0.684. The molecule has 0 aromatic carbocycles. The molecule has 0 amide bonds. The number of aromatic nitrogens is 5. The number of piperazine rings is 1. The van der Waals surface area contributed by atoms with Gasteiger partial charge in [-0.05, 0) is 48.7 Å². The lowest BCUT2D eigenvalue weighted by atomic mass is 9.99. The van der Waals surface area contributed by atoms with Crippen molar-refractivity contribution in [2.75, 3.05) is 26.2 Å². The SMILES string of the molecule is CC(C)C(c1nnnn1C(C)(C)C)N1CCN(Cc2cccnc2)CC1.Cl. The topological polar surface area (TPSA) is 63.0 Å². The number of hydrogen-bond acceptors (Lipinski definition) is 6. The normalized spacial score (nSPS) is 17.7. The van der Waals surface area contributed by atoms with Crippen LogP contribution in [0.5, 0.6) is 0 Å². The van der Waals surface area contributed by atoms with Gasteiger partial charge < -0.3 is 0 Å². The molecule has 1 unspecified atom stereocenters. The molecule has 3 heterocycles. The van der Waals surface area contributed by atoms with Crippen LogP contribution in [0.4, 0.5) is 0 Å². The standard InChI is InChI=1S/C19H31N7.ClH/c1-15(2)17(18-21-22-23-26(18)19(3,4)5)25-11-9-24(10-12-25)14-16-7-6-8-20-13-16;/h6-8,13,15,17H,9-12,14H2,1-5H3;1H. The molecule has 3 rings (SSSR count). The quantitative estimate of drug-likeness (QED) is 0.778. The van der Waals surface area contributed by atoms with Crippen LogP contribution in [0, 0.1) is 5.92 Å². The Kier molecular flexibility index (Phi) is 7.31. The fourth-order valence-electron chi connectivity index (χ4n) is 3.69. The molecule has 1 atom stereocenters. The van der Waals surface area contributed by atoms with Crippen molar-refractivity contribution < 1.29 is 0 Å². The van der Waals surface area contributed by atoms with Gasteiger partial charge in [0.15, 0.2) is 5.82 Å². The molecule has 0 N–H and O–H groups in total. The monoisotopic (exact) mass is 393 g/mol. The average molecular weight is 394 g/mol. The number of nitrogens with zero attached hydrogens (tertiary/aromatic N) is 7. The Labute approximate surface area is 168 Å². The van der Waals surface area contributed by atoms with E-state index in [1.807, 2.05) is 23.1 Å². The molecule has 0 aliphatic carbocycles. The van der Waals surface area contributed by atoms with Crippen LogP contribution in [-0.2, 0) is 12.1 Å². The summed E-state index contributed by atoms with van der Waals surface area (Å²) in [6.45, 7) is 16.1. The first-order valence-electron chi connectivity index (χ1n) is 9.50. The second kappa shape index (κ2) is 9.08. The van der Waals surface area contributed by atoms with Gasteiger partial charge >= 0.3 is 0 Å². The van der Waals surface area contributed by atoms with E-state index < -0.39 is 0 Å². The number of rotatable bonds is 5. The van der Waals surface area contributed by atoms with Gasteiger partial charge in [0.05, 0.1) is 11.6 Å². The summed E-state index contributed by atoms with van der Waals surface area (Å²) in [4.78, 5) is 9.26. The van der Waals surface area contributed by atoms with E-state index >= 15 is 0 Å². The van der Waals surface area contributed by atoms with Crippen molar-refractivity contribution >= 4 is 12.4 Å². The van der Waals surface area contributed by atoms with Gasteiger partial charge in [-0.2, -0.15) is 0 Å². The molecule has 0 radical (unpaired) electrons. The number of tetrazole rings is 1. The predicted molar refractivity (Wildman–Crippen MR) is 109 cm³/mol. The minimum atomic E-state index is -0.117. The zero-order valence-electron chi connectivity index (χ0n) is 17.0. The Morgan fingerprint density at radius 3 is 2.37 bits per heavy atom. The number of hydrogen-bond donors (Lipinski definition) is 0. The summed E-state index contributed by atoms with van der Waals surface area (Å²) >= 11 is 0. The third kappa shape index (κ3) is 5.24. The van der Waals surface area contributed by atoms with Crippen LogP contribution < -0.4 is 0 Å². The molecule has 27 heavy (non-hydrogen) atoms. The second-order valence-corrected chi connectivity index (χ2v) is 8.48. The second-order valence-electron chi connectivity index (χ2n) is 8.48. The summed E-state index contributed by atoms with van der Waals surface area (Å²) in [5, 5.41) is 12.6. The average Bonchev–Trinajstić information content (AvgIpc) is 3.07. The maximum atomic E-state index is 4.40. The summed E-state index contributed by atoms with van der Waals surface area (Å²) in [5.74, 6) is 1.43. The van der Waals surface area contributed by atoms with Crippen LogP contribution >= 0.6 is 12.4 Å². The maximum Gasteiger partial charge on any atom is 0.169 e. The summed E-state index contributed by atoms with van der Waals surface area (Å²) in [6, 6.07) is 4.39. The summed E-state index contributed by atoms with van der Waals surface area (Å²) < 4.78 is 1.99. The first-order chi connectivity index (χ1) is 12.4. The molecular formula is C19H32ClN7. The van der Waals surface area contributed by atoms with Crippen LogP contribution in [0.3, 0.4) is 0 Å². The van der Waals surface area contributed by atoms with Gasteiger partial charge in [0.1, 0.15) is 0 Å². The minimum Gasteiger partial charge on any atom is -0.296 e. The van der Waals surface area contributed by atoms with E-state index in [0.29, 0.717) is 5.92 Å². The highest BCUT2D eigenvalue weighted by Crippen LogP contribution is 2.30. The molecule has 0 saturated carbocycles. The highest BCUT2D eigenvalue weighted by molar-refractivity contribution is 5.85. The first-order valence-corrected chi connectivity index (χ1v) is 9.50. The minimum absolute atomic E-state index is 0. The molecule has 0 bridgehead atoms. The molecule has 1 aliphatic rings. The lowest BCUT2D eigenvalue weighted by molar-refractivity contribution is 0.0638. The van der Waals surface area contributed by atoms with E-state index in [-0.39, 0.29) is 24.0 Å². The van der Waals surface area contributed by atoms with Gasteiger partial charge in [-0.3, -0.25) is 14.8 Å². The van der Waals surface area contributed by atoms with Crippen LogP contribution in [0.25, 0.3) is 0 Å². The van der Waals surface area contributed by atoms with Crippen LogP contribution in [0.15, 0.2) is 24.5 Å². The highest BCUT2D eigenvalue weighted by Gasteiger charge is 2.33. The molecule has 2 aromatic heterocycles. The van der Waals surface area contributed by atoms with Gasteiger partial charge in [-0.25, -0.2) is 4.68 Å². The summed E-state index contributed by atoms with van der Waals surface area (Å²) in [7, 11) is 0. The van der Waals surface area contributed by atoms with Crippen molar-refractivity contribution in [1.82, 2.24) is 35.0 Å². The summed E-state index contributed by atoms with van der Waals surface area (Å²) in [6.07, 6.45) is 3.79. The third-order valence-corrected chi connectivity index (χ3v) is 4.95. The van der Waals surface area contributed by atoms with Crippen molar-refractivity contribution in [3.05, 3.63) is 35.9 Å². The van der Waals surface area contributed by atoms with Crippen LogP contribution in [0.1, 0.15) is 52.0 Å². The molecule has 150 valence electrons. The Balaban J connectivity index is 0.00000261. The molecule has 1 saturated heterocycles. The predicted octanol–water partition coefficient (Wildman–Crippen LogP) is 2.76. The van der Waals surface area contributed by atoms with Crippen molar-refractivity contribution in [3.8, 4) is 0 Å². The first kappa shape index (κ1) is 21.7. The van der Waals surface area contributed by atoms with Gasteiger partial charge in [-0.1, -0.05) is 19.9 Å². The third-order valence-electron chi connectivity index (χ3n) is 4.95. The van der Waals surface area contributed by atoms with E-state index in [1.165, 1.54) is 5.56 Å².